The van der Waals surface area contributed by atoms with Crippen molar-refractivity contribution in [3.63, 3.8) is 0 Å². The lowest BCUT2D eigenvalue weighted by Gasteiger charge is -2.25. The third kappa shape index (κ3) is 4.04. The van der Waals surface area contributed by atoms with Crippen LogP contribution in [0.2, 0.25) is 0 Å². The highest BCUT2D eigenvalue weighted by Crippen LogP contribution is 2.39. The van der Waals surface area contributed by atoms with Gasteiger partial charge in [0.05, 0.1) is 12.7 Å². The van der Waals surface area contributed by atoms with E-state index in [1.165, 1.54) is 36.6 Å². The summed E-state index contributed by atoms with van der Waals surface area (Å²) >= 11 is 1.40. The van der Waals surface area contributed by atoms with E-state index in [-0.39, 0.29) is 29.5 Å². The molecule has 1 amide bonds. The van der Waals surface area contributed by atoms with Crippen LogP contribution in [0, 0.1) is 6.92 Å². The zero-order chi connectivity index (χ0) is 21.3. The number of thioether (sulfide) groups is 1. The van der Waals surface area contributed by atoms with Crippen molar-refractivity contribution in [1.82, 2.24) is 9.97 Å². The lowest BCUT2D eigenvalue weighted by molar-refractivity contribution is -0.116. The topological polar surface area (TPSA) is 104 Å². The smallest absolute Gasteiger partial charge is 0.257 e. The van der Waals surface area contributed by atoms with E-state index in [2.05, 4.69) is 15.3 Å². The minimum atomic E-state index is -0.517. The Kier molecular flexibility index (Phi) is 5.50. The third-order valence-corrected chi connectivity index (χ3v) is 5.96. The summed E-state index contributed by atoms with van der Waals surface area (Å²) < 4.78 is 5.36. The predicted molar refractivity (Wildman–Crippen MR) is 115 cm³/mol. The summed E-state index contributed by atoms with van der Waals surface area (Å²) in [4.78, 5) is 32.6. The number of H-pyrrole nitrogens is 1. The first kappa shape index (κ1) is 20.0. The van der Waals surface area contributed by atoms with Gasteiger partial charge < -0.3 is 20.1 Å². The number of aromatic amines is 1. The maximum absolute atomic E-state index is 12.9. The Hall–Kier alpha value is -3.26. The van der Waals surface area contributed by atoms with E-state index in [1.54, 1.807) is 6.07 Å². The van der Waals surface area contributed by atoms with Gasteiger partial charge in [-0.1, -0.05) is 47.7 Å². The molecule has 0 bridgehead atoms. The molecule has 0 saturated carbocycles. The van der Waals surface area contributed by atoms with Crippen LogP contribution in [0.1, 0.15) is 34.6 Å². The highest BCUT2D eigenvalue weighted by molar-refractivity contribution is 7.98. The number of phenols is 1. The number of phenolic OH excluding ortho intramolecular Hbond substituents is 1. The molecule has 0 saturated heterocycles. The number of carbonyl (C=O) groups excluding carboxylic acids is 1. The van der Waals surface area contributed by atoms with Crippen LogP contribution in [0.4, 0.5) is 5.82 Å². The van der Waals surface area contributed by atoms with E-state index >= 15 is 0 Å². The first-order valence-electron chi connectivity index (χ1n) is 9.44. The maximum atomic E-state index is 12.9. The Balaban J connectivity index is 1.68. The molecular weight excluding hydrogens is 402 g/mol. The molecule has 8 heteroatoms. The number of ether oxygens (including phenoxy) is 1. The number of hydrogen-bond acceptors (Lipinski definition) is 6. The van der Waals surface area contributed by atoms with Gasteiger partial charge in [0.1, 0.15) is 17.3 Å². The number of aryl methyl sites for hydroxylation is 1. The number of rotatable bonds is 5. The fourth-order valence-electron chi connectivity index (χ4n) is 3.51. The minimum Gasteiger partial charge on any atom is -0.508 e. The van der Waals surface area contributed by atoms with Gasteiger partial charge in [0.25, 0.3) is 5.56 Å². The molecule has 1 aliphatic rings. The highest BCUT2D eigenvalue weighted by Gasteiger charge is 2.32. The molecule has 0 spiro atoms. The number of aromatic nitrogens is 2. The fraction of sp³-hybridized carbons (Fsp3) is 0.227. The summed E-state index contributed by atoms with van der Waals surface area (Å²) in [6, 6.07) is 12.8. The van der Waals surface area contributed by atoms with Gasteiger partial charge in [-0.25, -0.2) is 4.98 Å². The largest absolute Gasteiger partial charge is 0.508 e. The number of fused-ring (bicyclic) bond motifs is 1. The molecule has 3 aromatic rings. The summed E-state index contributed by atoms with van der Waals surface area (Å²) in [6.07, 6.45) is 0.0920. The monoisotopic (exact) mass is 423 g/mol. The fourth-order valence-corrected chi connectivity index (χ4v) is 4.32. The number of hydrogen-bond donors (Lipinski definition) is 3. The third-order valence-electron chi connectivity index (χ3n) is 5.02. The SMILES string of the molecule is COc1cc(O)ccc1C1CC(=O)Nc2nc(SCc3ccc(C)cc3)[nH]c(=O)c21. The average Bonchev–Trinajstić information content (AvgIpc) is 2.72. The summed E-state index contributed by atoms with van der Waals surface area (Å²) in [5.74, 6) is 0.628. The van der Waals surface area contributed by atoms with E-state index in [4.69, 9.17) is 4.74 Å². The Bertz CT molecular complexity index is 1160. The molecule has 30 heavy (non-hydrogen) atoms. The first-order chi connectivity index (χ1) is 14.4. The summed E-state index contributed by atoms with van der Waals surface area (Å²) in [6.45, 7) is 2.03. The molecule has 0 radical (unpaired) electrons. The summed E-state index contributed by atoms with van der Waals surface area (Å²) in [5.41, 5.74) is 3.03. The molecular formula is C22H21N3O4S. The van der Waals surface area contributed by atoms with Crippen molar-refractivity contribution < 1.29 is 14.6 Å². The van der Waals surface area contributed by atoms with E-state index in [0.29, 0.717) is 27.8 Å². The summed E-state index contributed by atoms with van der Waals surface area (Å²) in [7, 11) is 1.48. The van der Waals surface area contributed by atoms with Crippen molar-refractivity contribution in [3.05, 3.63) is 75.1 Å². The molecule has 4 rings (SSSR count). The van der Waals surface area contributed by atoms with Gasteiger partial charge in [0.2, 0.25) is 5.91 Å². The molecule has 1 aromatic heterocycles. The van der Waals surface area contributed by atoms with Gasteiger partial charge in [-0.05, 0) is 18.6 Å². The standard InChI is InChI=1S/C22H21N3O4S/c1-12-3-5-13(6-4-12)11-30-22-24-20-19(21(28)25-22)16(10-18(27)23-20)15-8-7-14(26)9-17(15)29-2/h3-9,16,26H,10-11H2,1-2H3,(H2,23,24,25,27,28). The van der Waals surface area contributed by atoms with Crippen LogP contribution in [0.15, 0.2) is 52.4 Å². The summed E-state index contributed by atoms with van der Waals surface area (Å²) in [5, 5.41) is 12.9. The van der Waals surface area contributed by atoms with Crippen molar-refractivity contribution in [2.45, 2.75) is 30.2 Å². The molecule has 0 fully saturated rings. The Morgan fingerprint density at radius 1 is 1.20 bits per heavy atom. The van der Waals surface area contributed by atoms with Crippen molar-refractivity contribution in [1.29, 1.82) is 0 Å². The number of nitrogens with zero attached hydrogens (tertiary/aromatic N) is 1. The van der Waals surface area contributed by atoms with E-state index in [9.17, 15) is 14.7 Å². The normalized spacial score (nSPS) is 15.4. The Morgan fingerprint density at radius 2 is 1.97 bits per heavy atom. The van der Waals surface area contributed by atoms with Crippen LogP contribution in [0.25, 0.3) is 0 Å². The van der Waals surface area contributed by atoms with Crippen molar-refractivity contribution in [3.8, 4) is 11.5 Å². The minimum absolute atomic E-state index is 0.0472. The van der Waals surface area contributed by atoms with Crippen molar-refractivity contribution in [2.24, 2.45) is 0 Å². The number of benzene rings is 2. The lowest BCUT2D eigenvalue weighted by Crippen LogP contribution is -2.31. The quantitative estimate of drug-likeness (QED) is 0.428. The first-order valence-corrected chi connectivity index (χ1v) is 10.4. The van der Waals surface area contributed by atoms with Crippen molar-refractivity contribution in [2.75, 3.05) is 12.4 Å². The molecule has 1 unspecified atom stereocenters. The second-order valence-corrected chi connectivity index (χ2v) is 8.10. The molecule has 1 atom stereocenters. The number of aromatic hydroxyl groups is 1. The molecule has 3 N–H and O–H groups in total. The molecule has 0 aliphatic carbocycles. The zero-order valence-corrected chi connectivity index (χ0v) is 17.4. The number of carbonyl (C=O) groups is 1. The molecule has 2 heterocycles. The molecule has 7 nitrogen and oxygen atoms in total. The number of nitrogens with one attached hydrogen (secondary N) is 2. The molecule has 1 aliphatic heterocycles. The van der Waals surface area contributed by atoms with Gasteiger partial charge in [-0.2, -0.15) is 0 Å². The van der Waals surface area contributed by atoms with Crippen LogP contribution < -0.4 is 15.6 Å². The second-order valence-electron chi connectivity index (χ2n) is 7.14. The Labute approximate surface area is 177 Å². The number of amides is 1. The van der Waals surface area contributed by atoms with Crippen LogP contribution in [-0.4, -0.2) is 28.1 Å². The lowest BCUT2D eigenvalue weighted by atomic mass is 9.86. The van der Waals surface area contributed by atoms with Crippen molar-refractivity contribution >= 4 is 23.5 Å². The predicted octanol–water partition coefficient (Wildman–Crippen LogP) is 3.56. The van der Waals surface area contributed by atoms with Crippen LogP contribution in [0.5, 0.6) is 11.5 Å². The van der Waals surface area contributed by atoms with Gasteiger partial charge in [-0.15, -0.1) is 0 Å². The number of methoxy groups -OCH3 is 1. The highest BCUT2D eigenvalue weighted by atomic mass is 32.2. The van der Waals surface area contributed by atoms with E-state index < -0.39 is 5.92 Å². The van der Waals surface area contributed by atoms with E-state index in [1.807, 2.05) is 31.2 Å². The number of anilines is 1. The zero-order valence-electron chi connectivity index (χ0n) is 16.6. The van der Waals surface area contributed by atoms with Gasteiger partial charge in [0.15, 0.2) is 5.16 Å². The van der Waals surface area contributed by atoms with Gasteiger partial charge >= 0.3 is 0 Å². The van der Waals surface area contributed by atoms with Gasteiger partial charge in [-0.3, -0.25) is 9.59 Å². The second kappa shape index (κ2) is 8.23. The van der Waals surface area contributed by atoms with Crippen LogP contribution >= 0.6 is 11.8 Å². The van der Waals surface area contributed by atoms with Crippen LogP contribution in [-0.2, 0) is 10.5 Å². The Morgan fingerprint density at radius 3 is 2.70 bits per heavy atom. The van der Waals surface area contributed by atoms with E-state index in [0.717, 1.165) is 5.56 Å². The molecule has 2 aromatic carbocycles. The van der Waals surface area contributed by atoms with Gasteiger partial charge in [0, 0.05) is 29.7 Å². The molecule has 154 valence electrons. The average molecular weight is 423 g/mol. The maximum Gasteiger partial charge on any atom is 0.257 e. The van der Waals surface area contributed by atoms with Crippen LogP contribution in [0.3, 0.4) is 0 Å².